The molecule has 2 aromatic carbocycles. The number of rotatable bonds is 10. The van der Waals surface area contributed by atoms with Crippen molar-refractivity contribution in [2.75, 3.05) is 0 Å². The molecule has 0 amide bonds. The fraction of sp³-hybridized carbons (Fsp3) is 0.360. The number of amidine groups is 1. The number of ether oxygens (including phenoxy) is 2. The van der Waals surface area contributed by atoms with Crippen LogP contribution in [0.25, 0.3) is 11.3 Å². The summed E-state index contributed by atoms with van der Waals surface area (Å²) in [5.41, 5.74) is 7.55. The first-order valence-electron chi connectivity index (χ1n) is 11.0. The van der Waals surface area contributed by atoms with Gasteiger partial charge in [0.2, 0.25) is 6.29 Å². The summed E-state index contributed by atoms with van der Waals surface area (Å²) in [6.07, 6.45) is 1.92. The second-order valence-corrected chi connectivity index (χ2v) is 9.29. The van der Waals surface area contributed by atoms with Gasteiger partial charge in [0.25, 0.3) is 0 Å². The largest absolute Gasteiger partial charge is 0.455 e. The van der Waals surface area contributed by atoms with Crippen molar-refractivity contribution in [3.8, 4) is 22.8 Å². The number of halogens is 1. The number of thiazole rings is 1. The van der Waals surface area contributed by atoms with Gasteiger partial charge < -0.3 is 20.4 Å². The van der Waals surface area contributed by atoms with E-state index >= 15 is 0 Å². The summed E-state index contributed by atoms with van der Waals surface area (Å²) in [6.45, 7) is 8.45. The third-order valence-corrected chi connectivity index (χ3v) is 6.34. The zero-order valence-corrected chi connectivity index (χ0v) is 20.2. The Labute approximate surface area is 197 Å². The van der Waals surface area contributed by atoms with Crippen molar-refractivity contribution in [2.24, 2.45) is 10.9 Å². The number of nitrogens with two attached hydrogens (primary N) is 1. The number of hydrogen-bond acceptors (Lipinski definition) is 6. The molecule has 0 aliphatic heterocycles. The summed E-state index contributed by atoms with van der Waals surface area (Å²) < 4.78 is 26.3. The minimum absolute atomic E-state index is 0.00417. The van der Waals surface area contributed by atoms with Crippen LogP contribution in [0.1, 0.15) is 61.4 Å². The van der Waals surface area contributed by atoms with Crippen molar-refractivity contribution >= 4 is 17.2 Å². The van der Waals surface area contributed by atoms with E-state index in [0.29, 0.717) is 23.8 Å². The third-order valence-electron chi connectivity index (χ3n) is 5.07. The van der Waals surface area contributed by atoms with Crippen LogP contribution in [-0.4, -0.2) is 22.3 Å². The first kappa shape index (κ1) is 24.5. The minimum Gasteiger partial charge on any atom is -0.455 e. The van der Waals surface area contributed by atoms with Crippen molar-refractivity contribution in [1.29, 1.82) is 0 Å². The number of aryl methyl sites for hydroxylation is 1. The maximum atomic E-state index is 14.3. The summed E-state index contributed by atoms with van der Waals surface area (Å²) in [5, 5.41) is 12.7. The molecule has 3 rings (SSSR count). The maximum absolute atomic E-state index is 14.3. The molecule has 1 unspecified atom stereocenters. The Morgan fingerprint density at radius 2 is 1.82 bits per heavy atom. The fourth-order valence-electron chi connectivity index (χ4n) is 3.38. The van der Waals surface area contributed by atoms with Crippen LogP contribution in [0.2, 0.25) is 0 Å². The standard InChI is InChI=1S/C25H30FN3O3S/c1-5-6-7-22(32-19-12-13-20(21(26)14-19)25(27)29-30)31-18-10-8-17(9-11-18)23-24(15(2)3)33-16(4)28-23/h8-15,22,30H,5-7H2,1-4H3,(H2,27,29). The van der Waals surface area contributed by atoms with E-state index in [1.54, 1.807) is 17.4 Å². The van der Waals surface area contributed by atoms with E-state index in [0.717, 1.165) is 29.1 Å². The number of benzene rings is 2. The number of aromatic nitrogens is 1. The summed E-state index contributed by atoms with van der Waals surface area (Å²) in [5.74, 6) is 0.431. The molecular weight excluding hydrogens is 441 g/mol. The van der Waals surface area contributed by atoms with Crippen molar-refractivity contribution in [3.05, 3.63) is 63.7 Å². The molecule has 33 heavy (non-hydrogen) atoms. The highest BCUT2D eigenvalue weighted by molar-refractivity contribution is 7.12. The minimum atomic E-state index is -0.638. The SMILES string of the molecule is CCCCC(Oc1ccc(-c2nc(C)sc2C(C)C)cc1)Oc1ccc(C(N)=NO)c(F)c1. The van der Waals surface area contributed by atoms with E-state index in [-0.39, 0.29) is 11.4 Å². The highest BCUT2D eigenvalue weighted by atomic mass is 32.1. The van der Waals surface area contributed by atoms with Gasteiger partial charge in [-0.15, -0.1) is 11.3 Å². The zero-order valence-electron chi connectivity index (χ0n) is 19.3. The molecule has 0 bridgehead atoms. The lowest BCUT2D eigenvalue weighted by Gasteiger charge is -2.21. The molecule has 0 saturated carbocycles. The van der Waals surface area contributed by atoms with Crippen molar-refractivity contribution in [1.82, 2.24) is 4.98 Å². The van der Waals surface area contributed by atoms with Gasteiger partial charge in [0.15, 0.2) is 5.84 Å². The lowest BCUT2D eigenvalue weighted by atomic mass is 10.1. The van der Waals surface area contributed by atoms with E-state index in [1.165, 1.54) is 17.0 Å². The smallest absolute Gasteiger partial charge is 0.241 e. The summed E-state index contributed by atoms with van der Waals surface area (Å²) >= 11 is 1.73. The first-order valence-corrected chi connectivity index (χ1v) is 11.8. The molecule has 3 aromatic rings. The molecule has 176 valence electrons. The Morgan fingerprint density at radius 3 is 2.42 bits per heavy atom. The second-order valence-electron chi connectivity index (χ2n) is 8.06. The van der Waals surface area contributed by atoms with E-state index in [2.05, 4.69) is 25.9 Å². The molecule has 0 spiro atoms. The van der Waals surface area contributed by atoms with Gasteiger partial charge in [-0.1, -0.05) is 32.3 Å². The summed E-state index contributed by atoms with van der Waals surface area (Å²) in [6, 6.07) is 12.0. The maximum Gasteiger partial charge on any atom is 0.241 e. The van der Waals surface area contributed by atoms with Gasteiger partial charge >= 0.3 is 0 Å². The first-order chi connectivity index (χ1) is 15.8. The lowest BCUT2D eigenvalue weighted by Crippen LogP contribution is -2.24. The molecule has 8 heteroatoms. The van der Waals surface area contributed by atoms with E-state index in [9.17, 15) is 4.39 Å². The van der Waals surface area contributed by atoms with Crippen LogP contribution in [0.3, 0.4) is 0 Å². The third kappa shape index (κ3) is 6.22. The van der Waals surface area contributed by atoms with Crippen molar-refractivity contribution in [2.45, 2.75) is 59.2 Å². The average Bonchev–Trinajstić information content (AvgIpc) is 3.19. The highest BCUT2D eigenvalue weighted by Crippen LogP contribution is 2.34. The monoisotopic (exact) mass is 471 g/mol. The molecule has 0 saturated heterocycles. The van der Waals surface area contributed by atoms with Crippen LogP contribution in [0.5, 0.6) is 11.5 Å². The van der Waals surface area contributed by atoms with E-state index < -0.39 is 12.1 Å². The molecule has 0 fully saturated rings. The molecule has 0 aliphatic carbocycles. The summed E-state index contributed by atoms with van der Waals surface area (Å²) in [4.78, 5) is 5.97. The normalized spacial score (nSPS) is 12.7. The van der Waals surface area contributed by atoms with Gasteiger partial charge in [0, 0.05) is 22.9 Å². The lowest BCUT2D eigenvalue weighted by molar-refractivity contribution is -0.00230. The van der Waals surface area contributed by atoms with E-state index in [1.807, 2.05) is 31.2 Å². The average molecular weight is 472 g/mol. The van der Waals surface area contributed by atoms with Gasteiger partial charge in [-0.05, 0) is 55.7 Å². The quantitative estimate of drug-likeness (QED) is 0.117. The van der Waals surface area contributed by atoms with Crippen LogP contribution in [0.4, 0.5) is 4.39 Å². The number of nitrogens with zero attached hydrogens (tertiary/aromatic N) is 2. The van der Waals surface area contributed by atoms with Crippen molar-refractivity contribution < 1.29 is 19.1 Å². The Kier molecular flexibility index (Phi) is 8.27. The zero-order chi connectivity index (χ0) is 24.0. The Morgan fingerprint density at radius 1 is 1.15 bits per heavy atom. The predicted octanol–water partition coefficient (Wildman–Crippen LogP) is 6.45. The second kappa shape index (κ2) is 11.1. The van der Waals surface area contributed by atoms with Gasteiger partial charge in [0.05, 0.1) is 16.3 Å². The van der Waals surface area contributed by atoms with E-state index in [4.69, 9.17) is 25.4 Å². The molecule has 0 aliphatic rings. The fourth-order valence-corrected chi connectivity index (χ4v) is 4.33. The Hall–Kier alpha value is -3.13. The Bertz CT molecular complexity index is 1100. The molecule has 6 nitrogen and oxygen atoms in total. The van der Waals surface area contributed by atoms with Crippen LogP contribution in [0, 0.1) is 12.7 Å². The molecule has 0 radical (unpaired) electrons. The van der Waals surface area contributed by atoms with Crippen LogP contribution in [0.15, 0.2) is 47.6 Å². The predicted molar refractivity (Wildman–Crippen MR) is 130 cm³/mol. The van der Waals surface area contributed by atoms with Crippen LogP contribution >= 0.6 is 11.3 Å². The van der Waals surface area contributed by atoms with Gasteiger partial charge in [-0.2, -0.15) is 0 Å². The van der Waals surface area contributed by atoms with Gasteiger partial charge in [-0.3, -0.25) is 0 Å². The molecule has 1 atom stereocenters. The molecule has 3 N–H and O–H groups in total. The molecule has 1 heterocycles. The number of unbranched alkanes of at least 4 members (excludes halogenated alkanes) is 1. The Balaban J connectivity index is 1.76. The molecular formula is C25H30FN3O3S. The van der Waals surface area contributed by atoms with Crippen LogP contribution < -0.4 is 15.2 Å². The van der Waals surface area contributed by atoms with Crippen LogP contribution in [-0.2, 0) is 0 Å². The number of oxime groups is 1. The number of hydrogen-bond donors (Lipinski definition) is 2. The highest BCUT2D eigenvalue weighted by Gasteiger charge is 2.17. The van der Waals surface area contributed by atoms with Gasteiger partial charge in [0.1, 0.15) is 17.3 Å². The van der Waals surface area contributed by atoms with Gasteiger partial charge in [-0.25, -0.2) is 9.37 Å². The topological polar surface area (TPSA) is 90.0 Å². The van der Waals surface area contributed by atoms with Crippen molar-refractivity contribution in [3.63, 3.8) is 0 Å². The molecule has 1 aromatic heterocycles. The summed E-state index contributed by atoms with van der Waals surface area (Å²) in [7, 11) is 0.